The Hall–Kier alpha value is -2.38. The first kappa shape index (κ1) is 18.4. The topological polar surface area (TPSA) is 55.7 Å². The highest BCUT2D eigenvalue weighted by Crippen LogP contribution is 2.33. The number of anilines is 1. The maximum atomic E-state index is 5.64. The first-order valence-electron chi connectivity index (χ1n) is 8.41. The maximum Gasteiger partial charge on any atom is 0.204 e. The van der Waals surface area contributed by atoms with Crippen LogP contribution in [-0.2, 0) is 0 Å². The minimum atomic E-state index is 0.586. The van der Waals surface area contributed by atoms with E-state index in [-0.39, 0.29) is 0 Å². The molecule has 0 aliphatic carbocycles. The lowest BCUT2D eigenvalue weighted by Gasteiger charge is -2.11. The van der Waals surface area contributed by atoms with Gasteiger partial charge in [0.2, 0.25) is 5.13 Å². The molecule has 0 amide bonds. The fourth-order valence-corrected chi connectivity index (χ4v) is 4.01. The predicted molar refractivity (Wildman–Crippen MR) is 110 cm³/mol. The average Bonchev–Trinajstić information content (AvgIpc) is 3.27. The van der Waals surface area contributed by atoms with Crippen molar-refractivity contribution in [1.29, 1.82) is 0 Å². The summed E-state index contributed by atoms with van der Waals surface area (Å²) in [7, 11) is 0. The lowest BCUT2D eigenvalue weighted by molar-refractivity contribution is 0.288. The van der Waals surface area contributed by atoms with Crippen LogP contribution >= 0.6 is 22.7 Å². The number of nitrogens with zero attached hydrogens (tertiary/aromatic N) is 2. The van der Waals surface area contributed by atoms with Crippen LogP contribution in [0.25, 0.3) is 10.6 Å². The molecule has 1 N–H and O–H groups in total. The van der Waals surface area contributed by atoms with Gasteiger partial charge in [0.05, 0.1) is 30.0 Å². The van der Waals surface area contributed by atoms with Crippen LogP contribution < -0.4 is 14.9 Å². The third-order valence-corrected chi connectivity index (χ3v) is 5.24. The molecule has 26 heavy (non-hydrogen) atoms. The van der Waals surface area contributed by atoms with Crippen LogP contribution in [0.2, 0.25) is 0 Å². The maximum absolute atomic E-state index is 5.64. The molecular weight excluding hydrogens is 366 g/mol. The van der Waals surface area contributed by atoms with E-state index < -0.39 is 0 Å². The molecule has 2 heterocycles. The zero-order valence-electron chi connectivity index (χ0n) is 15.0. The number of benzene rings is 1. The molecule has 0 saturated carbocycles. The molecule has 0 saturated heterocycles. The van der Waals surface area contributed by atoms with Crippen LogP contribution in [0, 0.1) is 6.92 Å². The fraction of sp³-hybridized carbons (Fsp3) is 0.263. The molecular formula is C19H21N3O2S2. The summed E-state index contributed by atoms with van der Waals surface area (Å²) >= 11 is 3.28. The van der Waals surface area contributed by atoms with E-state index in [1.54, 1.807) is 28.9 Å². The first-order valence-corrected chi connectivity index (χ1v) is 10.1. The Morgan fingerprint density at radius 1 is 1.15 bits per heavy atom. The number of ether oxygens (including phenoxy) is 2. The molecule has 0 unspecified atom stereocenters. The lowest BCUT2D eigenvalue weighted by Crippen LogP contribution is -1.99. The van der Waals surface area contributed by atoms with Gasteiger partial charge in [-0.3, -0.25) is 5.43 Å². The molecule has 136 valence electrons. The second kappa shape index (κ2) is 8.82. The van der Waals surface area contributed by atoms with E-state index in [4.69, 9.17) is 9.47 Å². The van der Waals surface area contributed by atoms with Crippen molar-refractivity contribution in [3.63, 3.8) is 0 Å². The number of thiazole rings is 1. The SMILES string of the molecule is CCOc1ccc(/C=N\Nc2nc(-c3cccs3)c(C)s2)cc1OCC. The molecule has 3 rings (SSSR count). The molecule has 5 nitrogen and oxygen atoms in total. The van der Waals surface area contributed by atoms with Crippen molar-refractivity contribution in [2.75, 3.05) is 18.6 Å². The van der Waals surface area contributed by atoms with Gasteiger partial charge in [-0.25, -0.2) is 4.98 Å². The zero-order valence-corrected chi connectivity index (χ0v) is 16.6. The Morgan fingerprint density at radius 3 is 2.69 bits per heavy atom. The summed E-state index contributed by atoms with van der Waals surface area (Å²) in [6.07, 6.45) is 1.75. The van der Waals surface area contributed by atoms with Crippen molar-refractivity contribution in [1.82, 2.24) is 4.98 Å². The van der Waals surface area contributed by atoms with Crippen molar-refractivity contribution in [3.8, 4) is 22.1 Å². The molecule has 1 aromatic carbocycles. The minimum absolute atomic E-state index is 0.586. The number of aryl methyl sites for hydroxylation is 1. The Labute approximate surface area is 161 Å². The summed E-state index contributed by atoms with van der Waals surface area (Å²) in [5.74, 6) is 1.47. The van der Waals surface area contributed by atoms with Crippen LogP contribution in [0.1, 0.15) is 24.3 Å². The molecule has 0 aliphatic rings. The molecule has 7 heteroatoms. The second-order valence-electron chi connectivity index (χ2n) is 5.34. The summed E-state index contributed by atoms with van der Waals surface area (Å²) in [5.41, 5.74) is 4.96. The van der Waals surface area contributed by atoms with Crippen molar-refractivity contribution in [2.24, 2.45) is 5.10 Å². The number of hydrogen-bond donors (Lipinski definition) is 1. The molecule has 2 aromatic heterocycles. The summed E-state index contributed by atoms with van der Waals surface area (Å²) < 4.78 is 11.2. The summed E-state index contributed by atoms with van der Waals surface area (Å²) in [6, 6.07) is 9.88. The first-order chi connectivity index (χ1) is 12.7. The van der Waals surface area contributed by atoms with Crippen molar-refractivity contribution >= 4 is 34.0 Å². The summed E-state index contributed by atoms with van der Waals surface area (Å²) in [5, 5.41) is 7.14. The fourth-order valence-electron chi connectivity index (χ4n) is 2.40. The van der Waals surface area contributed by atoms with Gasteiger partial charge in [-0.15, -0.1) is 22.7 Å². The number of hydrogen-bond acceptors (Lipinski definition) is 7. The monoisotopic (exact) mass is 387 g/mol. The number of nitrogens with one attached hydrogen (secondary N) is 1. The molecule has 0 atom stereocenters. The third kappa shape index (κ3) is 4.42. The second-order valence-corrected chi connectivity index (χ2v) is 7.49. The molecule has 0 bridgehead atoms. The Balaban J connectivity index is 1.71. The lowest BCUT2D eigenvalue weighted by atomic mass is 10.2. The van der Waals surface area contributed by atoms with Crippen molar-refractivity contribution < 1.29 is 9.47 Å². The third-order valence-electron chi connectivity index (χ3n) is 3.49. The summed E-state index contributed by atoms with van der Waals surface area (Å²) in [6.45, 7) is 7.17. The Morgan fingerprint density at radius 2 is 1.96 bits per heavy atom. The zero-order chi connectivity index (χ0) is 18.4. The summed E-state index contributed by atoms with van der Waals surface area (Å²) in [4.78, 5) is 6.97. The average molecular weight is 388 g/mol. The van der Waals surface area contributed by atoms with E-state index in [9.17, 15) is 0 Å². The number of rotatable bonds is 8. The van der Waals surface area contributed by atoms with Crippen LogP contribution in [0.15, 0.2) is 40.8 Å². The molecule has 0 spiro atoms. The van der Waals surface area contributed by atoms with Crippen LogP contribution in [0.3, 0.4) is 0 Å². The highest BCUT2D eigenvalue weighted by molar-refractivity contribution is 7.17. The van der Waals surface area contributed by atoms with E-state index in [0.717, 1.165) is 27.9 Å². The van der Waals surface area contributed by atoms with Gasteiger partial charge in [0.15, 0.2) is 11.5 Å². The van der Waals surface area contributed by atoms with Gasteiger partial charge in [-0.1, -0.05) is 6.07 Å². The van der Waals surface area contributed by atoms with Gasteiger partial charge in [0, 0.05) is 4.88 Å². The number of hydrazone groups is 1. The van der Waals surface area contributed by atoms with Gasteiger partial charge >= 0.3 is 0 Å². The highest BCUT2D eigenvalue weighted by atomic mass is 32.1. The predicted octanol–water partition coefficient (Wildman–Crippen LogP) is 5.42. The van der Waals surface area contributed by atoms with Crippen molar-refractivity contribution in [2.45, 2.75) is 20.8 Å². The van der Waals surface area contributed by atoms with Crippen LogP contribution in [-0.4, -0.2) is 24.4 Å². The van der Waals surface area contributed by atoms with Crippen LogP contribution in [0.4, 0.5) is 5.13 Å². The van der Waals surface area contributed by atoms with E-state index >= 15 is 0 Å². The van der Waals surface area contributed by atoms with Gasteiger partial charge in [0.25, 0.3) is 0 Å². The van der Waals surface area contributed by atoms with E-state index in [0.29, 0.717) is 13.2 Å². The molecule has 3 aromatic rings. The Kier molecular flexibility index (Phi) is 6.25. The van der Waals surface area contributed by atoms with Gasteiger partial charge in [-0.2, -0.15) is 5.10 Å². The van der Waals surface area contributed by atoms with E-state index in [2.05, 4.69) is 33.9 Å². The van der Waals surface area contributed by atoms with E-state index in [1.165, 1.54) is 9.75 Å². The molecule has 0 radical (unpaired) electrons. The Bertz CT molecular complexity index is 873. The molecule has 0 fully saturated rings. The number of aromatic nitrogens is 1. The quantitative estimate of drug-likeness (QED) is 0.414. The van der Waals surface area contributed by atoms with Gasteiger partial charge in [-0.05, 0) is 56.0 Å². The standard InChI is InChI=1S/C19H21N3O2S2/c1-4-23-15-9-8-14(11-16(15)24-5-2)12-20-22-19-21-18(13(3)26-19)17-7-6-10-25-17/h6-12H,4-5H2,1-3H3,(H,21,22)/b20-12-. The van der Waals surface area contributed by atoms with Gasteiger partial charge < -0.3 is 9.47 Å². The minimum Gasteiger partial charge on any atom is -0.490 e. The van der Waals surface area contributed by atoms with E-state index in [1.807, 2.05) is 38.1 Å². The van der Waals surface area contributed by atoms with Gasteiger partial charge in [0.1, 0.15) is 0 Å². The number of thiophene rings is 1. The molecule has 0 aliphatic heterocycles. The highest BCUT2D eigenvalue weighted by Gasteiger charge is 2.10. The van der Waals surface area contributed by atoms with Crippen molar-refractivity contribution in [3.05, 3.63) is 46.2 Å². The smallest absolute Gasteiger partial charge is 0.204 e. The van der Waals surface area contributed by atoms with Crippen LogP contribution in [0.5, 0.6) is 11.5 Å². The normalized spacial score (nSPS) is 11.0. The largest absolute Gasteiger partial charge is 0.490 e.